The van der Waals surface area contributed by atoms with Gasteiger partial charge in [0.1, 0.15) is 6.61 Å². The average molecular weight is 459 g/mol. The highest BCUT2D eigenvalue weighted by Crippen LogP contribution is 2.53. The minimum absolute atomic E-state index is 0.105. The van der Waals surface area contributed by atoms with Crippen molar-refractivity contribution in [1.29, 1.82) is 0 Å². The molecule has 0 spiro atoms. The Kier molecular flexibility index (Phi) is 11.0. The molecule has 2 fully saturated rings. The molecule has 1 heterocycles. The molecule has 6 heteroatoms. The number of amides is 1. The fourth-order valence-electron chi connectivity index (χ4n) is 5.77. The van der Waals surface area contributed by atoms with Crippen molar-refractivity contribution in [2.45, 2.75) is 70.6 Å². The van der Waals surface area contributed by atoms with Gasteiger partial charge in [-0.25, -0.2) is 0 Å². The van der Waals surface area contributed by atoms with E-state index in [1.165, 1.54) is 19.3 Å². The summed E-state index contributed by atoms with van der Waals surface area (Å²) in [5.74, 6) is 3.26. The number of hydrogen-bond acceptors (Lipinski definition) is 4. The second-order valence-electron chi connectivity index (χ2n) is 9.82. The highest BCUT2D eigenvalue weighted by atomic mass is 16.5. The molecule has 0 unspecified atom stereocenters. The molecule has 3 N–H and O–H groups in total. The van der Waals surface area contributed by atoms with E-state index in [-0.39, 0.29) is 12.3 Å². The molecule has 1 aliphatic heterocycles. The molecule has 33 heavy (non-hydrogen) atoms. The molecule has 0 aromatic rings. The smallest absolute Gasteiger partial charge is 0.303 e. The fourth-order valence-corrected chi connectivity index (χ4v) is 5.77. The first-order valence-electron chi connectivity index (χ1n) is 13.0. The summed E-state index contributed by atoms with van der Waals surface area (Å²) in [6.45, 7) is 2.75. The van der Waals surface area contributed by atoms with Crippen LogP contribution in [-0.4, -0.2) is 43.2 Å². The van der Waals surface area contributed by atoms with Gasteiger partial charge >= 0.3 is 5.97 Å². The van der Waals surface area contributed by atoms with Crippen molar-refractivity contribution in [2.75, 3.05) is 26.2 Å². The van der Waals surface area contributed by atoms with E-state index in [1.807, 2.05) is 12.2 Å². The van der Waals surface area contributed by atoms with Crippen molar-refractivity contribution in [3.05, 3.63) is 36.1 Å². The second-order valence-corrected chi connectivity index (χ2v) is 9.82. The third-order valence-corrected chi connectivity index (χ3v) is 7.49. The summed E-state index contributed by atoms with van der Waals surface area (Å²) in [5.41, 5.74) is 0. The summed E-state index contributed by atoms with van der Waals surface area (Å²) >= 11 is 0. The van der Waals surface area contributed by atoms with Crippen LogP contribution in [0, 0.1) is 23.7 Å². The van der Waals surface area contributed by atoms with Gasteiger partial charge in [0.05, 0.1) is 12.3 Å². The first-order chi connectivity index (χ1) is 16.1. The molecule has 3 rings (SSSR count). The van der Waals surface area contributed by atoms with Crippen LogP contribution in [0.25, 0.3) is 0 Å². The molecule has 6 nitrogen and oxygen atoms in total. The van der Waals surface area contributed by atoms with Gasteiger partial charge in [-0.05, 0) is 93.7 Å². The lowest BCUT2D eigenvalue weighted by Gasteiger charge is -2.30. The number of aliphatic carboxylic acids is 1. The Hall–Kier alpha value is -2.08. The summed E-state index contributed by atoms with van der Waals surface area (Å²) in [5, 5.41) is 15.2. The number of carboxylic acids is 1. The highest BCUT2D eigenvalue weighted by Gasteiger charge is 2.46. The van der Waals surface area contributed by atoms with Crippen molar-refractivity contribution in [2.24, 2.45) is 23.7 Å². The predicted octanol–water partition coefficient (Wildman–Crippen LogP) is 4.59. The van der Waals surface area contributed by atoms with Crippen molar-refractivity contribution in [1.82, 2.24) is 10.6 Å². The Balaban J connectivity index is 1.24. The summed E-state index contributed by atoms with van der Waals surface area (Å²) in [7, 11) is 0. The third kappa shape index (κ3) is 9.00. The maximum absolute atomic E-state index is 12.3. The van der Waals surface area contributed by atoms with E-state index in [0.717, 1.165) is 69.2 Å². The Bertz CT molecular complexity index is 715. The Labute approximate surface area is 198 Å². The van der Waals surface area contributed by atoms with Crippen LogP contribution in [0.4, 0.5) is 0 Å². The number of hydrogen-bond donors (Lipinski definition) is 3. The minimum Gasteiger partial charge on any atom is -0.494 e. The fraction of sp³-hybridized carbons (Fsp3) is 0.704. The molecule has 0 saturated heterocycles. The lowest BCUT2D eigenvalue weighted by Crippen LogP contribution is -2.40. The Morgan fingerprint density at radius 2 is 1.94 bits per heavy atom. The van der Waals surface area contributed by atoms with Crippen LogP contribution in [0.2, 0.25) is 0 Å². The van der Waals surface area contributed by atoms with Crippen LogP contribution < -0.4 is 10.6 Å². The van der Waals surface area contributed by atoms with E-state index in [1.54, 1.807) is 0 Å². The molecular formula is C27H42N2O4. The number of nitrogens with one attached hydrogen (secondary N) is 2. The first-order valence-corrected chi connectivity index (χ1v) is 13.0. The Morgan fingerprint density at radius 1 is 1.09 bits per heavy atom. The van der Waals surface area contributed by atoms with Gasteiger partial charge in [0, 0.05) is 19.4 Å². The zero-order valence-corrected chi connectivity index (χ0v) is 20.0. The van der Waals surface area contributed by atoms with E-state index in [4.69, 9.17) is 9.84 Å². The number of carboxylic acid groups (broad SMARTS) is 1. The standard InChI is InChI=1S/C27H42N2O4/c30-26(20-28-16-8-3-4-10-23-11-7-9-17-33-23)29-19-25-22-15-14-21(18-22)24(25)12-5-1-2-6-13-27(31)32/h1,5,7,9,11,21-22,24-25,28H,2-4,6,8,10,12-20H2,(H,29,30)(H,31,32)/b5-1-/t21-,22+,24-,25+/m1/s1. The van der Waals surface area contributed by atoms with Gasteiger partial charge in [-0.1, -0.05) is 24.6 Å². The molecular weight excluding hydrogens is 416 g/mol. The number of rotatable bonds is 16. The van der Waals surface area contributed by atoms with Crippen LogP contribution in [0.1, 0.15) is 70.6 Å². The van der Waals surface area contributed by atoms with Crippen LogP contribution >= 0.6 is 0 Å². The maximum atomic E-state index is 12.3. The minimum atomic E-state index is -0.720. The second kappa shape index (κ2) is 14.2. The van der Waals surface area contributed by atoms with Gasteiger partial charge in [-0.2, -0.15) is 0 Å². The topological polar surface area (TPSA) is 87.7 Å². The lowest BCUT2D eigenvalue weighted by molar-refractivity contribution is -0.137. The molecule has 0 radical (unpaired) electrons. The number of unbranched alkanes of at least 4 members (excludes halogenated alkanes) is 3. The van der Waals surface area contributed by atoms with E-state index in [9.17, 15) is 9.59 Å². The molecule has 0 aromatic carbocycles. The number of allylic oxidation sites excluding steroid dienone is 5. The predicted molar refractivity (Wildman–Crippen MR) is 131 cm³/mol. The van der Waals surface area contributed by atoms with Crippen molar-refractivity contribution in [3.63, 3.8) is 0 Å². The summed E-state index contributed by atoms with van der Waals surface area (Å²) < 4.78 is 5.56. The van der Waals surface area contributed by atoms with Crippen LogP contribution in [0.15, 0.2) is 36.1 Å². The van der Waals surface area contributed by atoms with Crippen LogP contribution in [0.5, 0.6) is 0 Å². The van der Waals surface area contributed by atoms with Gasteiger partial charge in [0.15, 0.2) is 0 Å². The molecule has 2 aliphatic carbocycles. The monoisotopic (exact) mass is 458 g/mol. The maximum Gasteiger partial charge on any atom is 0.303 e. The molecule has 184 valence electrons. The van der Waals surface area contributed by atoms with Crippen molar-refractivity contribution >= 4 is 11.9 Å². The van der Waals surface area contributed by atoms with Crippen molar-refractivity contribution in [3.8, 4) is 0 Å². The molecule has 0 aromatic heterocycles. The molecule has 3 aliphatic rings. The zero-order valence-electron chi connectivity index (χ0n) is 20.0. The van der Waals surface area contributed by atoms with Gasteiger partial charge < -0.3 is 20.5 Å². The van der Waals surface area contributed by atoms with Gasteiger partial charge in [-0.3, -0.25) is 9.59 Å². The molecule has 2 saturated carbocycles. The van der Waals surface area contributed by atoms with Crippen molar-refractivity contribution < 1.29 is 19.4 Å². The van der Waals surface area contributed by atoms with E-state index >= 15 is 0 Å². The summed E-state index contributed by atoms with van der Waals surface area (Å²) in [6, 6.07) is 0. The van der Waals surface area contributed by atoms with Crippen LogP contribution in [-0.2, 0) is 14.3 Å². The first kappa shape index (κ1) is 25.5. The molecule has 2 bridgehead atoms. The summed E-state index contributed by atoms with van der Waals surface area (Å²) in [4.78, 5) is 22.9. The normalized spacial score (nSPS) is 25.9. The Morgan fingerprint density at radius 3 is 2.73 bits per heavy atom. The molecule has 4 atom stereocenters. The number of fused-ring (bicyclic) bond motifs is 2. The third-order valence-electron chi connectivity index (χ3n) is 7.49. The van der Waals surface area contributed by atoms with E-state index in [0.29, 0.717) is 31.4 Å². The van der Waals surface area contributed by atoms with Gasteiger partial charge in [-0.15, -0.1) is 0 Å². The van der Waals surface area contributed by atoms with E-state index in [2.05, 4.69) is 28.9 Å². The van der Waals surface area contributed by atoms with Gasteiger partial charge in [0.2, 0.25) is 5.91 Å². The molecule has 1 amide bonds. The quantitative estimate of drug-likeness (QED) is 0.233. The lowest BCUT2D eigenvalue weighted by atomic mass is 9.77. The number of carbonyl (C=O) groups excluding carboxylic acids is 1. The van der Waals surface area contributed by atoms with E-state index < -0.39 is 5.97 Å². The zero-order chi connectivity index (χ0) is 23.3. The average Bonchev–Trinajstić information content (AvgIpc) is 3.42. The van der Waals surface area contributed by atoms with Gasteiger partial charge in [0.25, 0.3) is 0 Å². The number of carbonyl (C=O) groups is 2. The summed E-state index contributed by atoms with van der Waals surface area (Å²) in [6.07, 6.45) is 21.6. The number of ether oxygens (including phenoxy) is 1. The highest BCUT2D eigenvalue weighted by molar-refractivity contribution is 5.77. The largest absolute Gasteiger partial charge is 0.494 e. The SMILES string of the molecule is O=C(O)CCC/C=C\C[C@@H]1[C@@H]2CC[C@@H](C2)[C@@H]1CNC(=O)CNCCCCCC1=CC=CCO1. The van der Waals surface area contributed by atoms with Crippen LogP contribution in [0.3, 0.4) is 0 Å².